The molecule has 2 atom stereocenters. The monoisotopic (exact) mass is 300 g/mol. The van der Waals surface area contributed by atoms with Gasteiger partial charge in [0.25, 0.3) is 0 Å². The fourth-order valence-electron chi connectivity index (χ4n) is 2.80. The van der Waals surface area contributed by atoms with Gasteiger partial charge >= 0.3 is 0 Å². The minimum Gasteiger partial charge on any atom is -0.395 e. The Labute approximate surface area is 119 Å². The predicted octanol–water partition coefficient (Wildman–Crippen LogP) is 2.51. The molecule has 0 amide bonds. The lowest BCUT2D eigenvalue weighted by Gasteiger charge is -2.26. The number of anilines is 1. The third-order valence-corrected chi connectivity index (χ3v) is 5.39. The number of hydrogen-bond acceptors (Lipinski definition) is 3. The topological polar surface area (TPSA) is 72.2 Å². The molecule has 0 saturated heterocycles. The van der Waals surface area contributed by atoms with Crippen LogP contribution in [0.4, 0.5) is 10.1 Å². The maximum Gasteiger partial charge on any atom is 0.242 e. The minimum atomic E-state index is -3.75. The van der Waals surface area contributed by atoms with E-state index in [4.69, 9.17) is 5.73 Å². The molecule has 3 N–H and O–H groups in total. The number of halogens is 1. The molecule has 0 heterocycles. The van der Waals surface area contributed by atoms with Crippen molar-refractivity contribution in [1.82, 2.24) is 4.72 Å². The minimum absolute atomic E-state index is 0.179. The van der Waals surface area contributed by atoms with E-state index in [2.05, 4.69) is 11.6 Å². The number of benzene rings is 1. The Hall–Kier alpha value is -1.14. The molecule has 2 rings (SSSR count). The summed E-state index contributed by atoms with van der Waals surface area (Å²) in [5.74, 6) is 0.278. The van der Waals surface area contributed by atoms with Crippen LogP contribution >= 0.6 is 0 Å². The first-order valence-corrected chi connectivity index (χ1v) is 8.42. The van der Waals surface area contributed by atoms with Gasteiger partial charge in [-0.2, -0.15) is 0 Å². The van der Waals surface area contributed by atoms with Gasteiger partial charge in [0, 0.05) is 6.54 Å². The molecule has 20 heavy (non-hydrogen) atoms. The molecule has 1 fully saturated rings. The first-order valence-electron chi connectivity index (χ1n) is 6.94. The summed E-state index contributed by atoms with van der Waals surface area (Å²) in [5.41, 5.74) is 5.18. The zero-order valence-corrected chi connectivity index (χ0v) is 12.4. The van der Waals surface area contributed by atoms with Gasteiger partial charge in [-0.05, 0) is 36.8 Å². The standard InChI is InChI=1S/C14H21FN2O2S/c1-10-4-2-5-11(8-10)9-17-20(18,19)13-7-3-6-12(15)14(13)16/h3,6-7,10-11,17H,2,4-5,8-9,16H2,1H3. The Balaban J connectivity index is 2.06. The average molecular weight is 300 g/mol. The summed E-state index contributed by atoms with van der Waals surface area (Å²) in [5, 5.41) is 0. The highest BCUT2D eigenvalue weighted by Gasteiger charge is 2.23. The number of para-hydroxylation sites is 1. The van der Waals surface area contributed by atoms with Crippen LogP contribution in [0.1, 0.15) is 32.6 Å². The Bertz CT molecular complexity index is 575. The molecule has 6 heteroatoms. The lowest BCUT2D eigenvalue weighted by atomic mass is 9.83. The van der Waals surface area contributed by atoms with Crippen LogP contribution in [0.5, 0.6) is 0 Å². The highest BCUT2D eigenvalue weighted by molar-refractivity contribution is 7.89. The highest BCUT2D eigenvalue weighted by atomic mass is 32.2. The quantitative estimate of drug-likeness (QED) is 0.839. The molecule has 1 aliphatic carbocycles. The number of nitrogen functional groups attached to an aromatic ring is 1. The van der Waals surface area contributed by atoms with Gasteiger partial charge in [-0.1, -0.05) is 25.8 Å². The van der Waals surface area contributed by atoms with Crippen LogP contribution in [0.25, 0.3) is 0 Å². The summed E-state index contributed by atoms with van der Waals surface area (Å²) in [4.78, 5) is -0.179. The maximum atomic E-state index is 13.3. The van der Waals surface area contributed by atoms with Gasteiger partial charge in [0.1, 0.15) is 10.7 Å². The van der Waals surface area contributed by atoms with Crippen molar-refractivity contribution in [3.8, 4) is 0 Å². The smallest absolute Gasteiger partial charge is 0.242 e. The SMILES string of the molecule is CC1CCCC(CNS(=O)(=O)c2cccc(F)c2N)C1. The lowest BCUT2D eigenvalue weighted by Crippen LogP contribution is -2.32. The van der Waals surface area contributed by atoms with Gasteiger partial charge in [-0.25, -0.2) is 17.5 Å². The molecule has 4 nitrogen and oxygen atoms in total. The second kappa shape index (κ2) is 6.10. The van der Waals surface area contributed by atoms with Gasteiger partial charge in [-0.15, -0.1) is 0 Å². The fraction of sp³-hybridized carbons (Fsp3) is 0.571. The van der Waals surface area contributed by atoms with Crippen molar-refractivity contribution in [2.24, 2.45) is 11.8 Å². The van der Waals surface area contributed by atoms with Crippen molar-refractivity contribution in [2.45, 2.75) is 37.5 Å². The van der Waals surface area contributed by atoms with Crippen LogP contribution in [0.3, 0.4) is 0 Å². The fourth-order valence-corrected chi connectivity index (χ4v) is 4.06. The van der Waals surface area contributed by atoms with Crippen LogP contribution in [-0.2, 0) is 10.0 Å². The summed E-state index contributed by atoms with van der Waals surface area (Å²) < 4.78 is 40.2. The number of sulfonamides is 1. The van der Waals surface area contributed by atoms with Crippen LogP contribution in [-0.4, -0.2) is 15.0 Å². The molecule has 1 aromatic carbocycles. The molecular formula is C14H21FN2O2S. The van der Waals surface area contributed by atoms with Crippen LogP contribution in [0.15, 0.2) is 23.1 Å². The third-order valence-electron chi connectivity index (χ3n) is 3.91. The van der Waals surface area contributed by atoms with Crippen LogP contribution in [0, 0.1) is 17.7 Å². The van der Waals surface area contributed by atoms with E-state index >= 15 is 0 Å². The molecule has 2 unspecified atom stereocenters. The van der Waals surface area contributed by atoms with Gasteiger partial charge in [0.05, 0.1) is 5.69 Å². The van der Waals surface area contributed by atoms with E-state index in [9.17, 15) is 12.8 Å². The Morgan fingerprint density at radius 2 is 2.15 bits per heavy atom. The summed E-state index contributed by atoms with van der Waals surface area (Å²) in [6.07, 6.45) is 4.41. The number of hydrogen-bond donors (Lipinski definition) is 2. The molecule has 1 aliphatic rings. The van der Waals surface area contributed by atoms with Crippen molar-refractivity contribution >= 4 is 15.7 Å². The van der Waals surface area contributed by atoms with E-state index in [1.807, 2.05) is 0 Å². The summed E-state index contributed by atoms with van der Waals surface area (Å²) in [6, 6.07) is 3.82. The second-order valence-corrected chi connectivity index (χ2v) is 7.38. The Morgan fingerprint density at radius 1 is 1.40 bits per heavy atom. The number of rotatable bonds is 4. The number of nitrogens with one attached hydrogen (secondary N) is 1. The van der Waals surface area contributed by atoms with E-state index in [-0.39, 0.29) is 10.6 Å². The van der Waals surface area contributed by atoms with Crippen molar-refractivity contribution in [1.29, 1.82) is 0 Å². The molecule has 1 saturated carbocycles. The molecule has 0 spiro atoms. The van der Waals surface area contributed by atoms with Crippen molar-refractivity contribution in [2.75, 3.05) is 12.3 Å². The molecule has 0 radical (unpaired) electrons. The second-order valence-electron chi connectivity index (χ2n) is 5.64. The Morgan fingerprint density at radius 3 is 2.85 bits per heavy atom. The first kappa shape index (κ1) is 15.3. The van der Waals surface area contributed by atoms with Gasteiger partial charge in [-0.3, -0.25) is 0 Å². The van der Waals surface area contributed by atoms with Gasteiger partial charge in [0.2, 0.25) is 10.0 Å². The normalized spacial score (nSPS) is 23.7. The van der Waals surface area contributed by atoms with E-state index in [0.29, 0.717) is 18.4 Å². The molecule has 1 aromatic rings. The molecule has 0 bridgehead atoms. The molecule has 0 aromatic heterocycles. The number of nitrogens with two attached hydrogens (primary N) is 1. The zero-order chi connectivity index (χ0) is 14.8. The van der Waals surface area contributed by atoms with Gasteiger partial charge in [0.15, 0.2) is 0 Å². The average Bonchev–Trinajstić information content (AvgIpc) is 2.40. The van der Waals surface area contributed by atoms with Crippen molar-refractivity contribution in [3.05, 3.63) is 24.0 Å². The van der Waals surface area contributed by atoms with E-state index in [0.717, 1.165) is 25.3 Å². The van der Waals surface area contributed by atoms with E-state index < -0.39 is 15.8 Å². The summed E-state index contributed by atoms with van der Waals surface area (Å²) >= 11 is 0. The van der Waals surface area contributed by atoms with Crippen LogP contribution in [0.2, 0.25) is 0 Å². The summed E-state index contributed by atoms with van der Waals surface area (Å²) in [7, 11) is -3.75. The Kier molecular flexibility index (Phi) is 4.65. The molecule has 112 valence electrons. The first-order chi connectivity index (χ1) is 9.40. The van der Waals surface area contributed by atoms with Gasteiger partial charge < -0.3 is 5.73 Å². The third kappa shape index (κ3) is 3.49. The summed E-state index contributed by atoms with van der Waals surface area (Å²) in [6.45, 7) is 2.58. The zero-order valence-electron chi connectivity index (χ0n) is 11.6. The van der Waals surface area contributed by atoms with Crippen molar-refractivity contribution in [3.63, 3.8) is 0 Å². The molecule has 0 aliphatic heterocycles. The van der Waals surface area contributed by atoms with E-state index in [1.54, 1.807) is 0 Å². The largest absolute Gasteiger partial charge is 0.395 e. The maximum absolute atomic E-state index is 13.3. The highest BCUT2D eigenvalue weighted by Crippen LogP contribution is 2.28. The molecular weight excluding hydrogens is 279 g/mol. The van der Waals surface area contributed by atoms with E-state index in [1.165, 1.54) is 18.6 Å². The predicted molar refractivity (Wildman–Crippen MR) is 77.1 cm³/mol. The lowest BCUT2D eigenvalue weighted by molar-refractivity contribution is 0.283. The van der Waals surface area contributed by atoms with Crippen LogP contribution < -0.4 is 10.5 Å². The van der Waals surface area contributed by atoms with Crippen molar-refractivity contribution < 1.29 is 12.8 Å².